The molecule has 212 valence electrons. The van der Waals surface area contributed by atoms with E-state index >= 15 is 0 Å². The van der Waals surface area contributed by atoms with Gasteiger partial charge in [-0.3, -0.25) is 9.97 Å². The lowest BCUT2D eigenvalue weighted by Gasteiger charge is -2.10. The molecular formula is C34H49N3O2. The van der Waals surface area contributed by atoms with E-state index in [0.29, 0.717) is 11.1 Å². The quantitative estimate of drug-likeness (QED) is 0.264. The van der Waals surface area contributed by atoms with Crippen LogP contribution in [0.5, 0.6) is 0 Å². The molecule has 2 heterocycles. The fraction of sp³-hybridized carbons (Fsp3) is 0.412. The van der Waals surface area contributed by atoms with Crippen LogP contribution in [-0.2, 0) is 0 Å². The molecule has 0 bridgehead atoms. The topological polar surface area (TPSA) is 86.9 Å². The van der Waals surface area contributed by atoms with Crippen molar-refractivity contribution in [3.8, 4) is 6.07 Å². The SMILES string of the molecule is CC.CC.CC.CC.Cc1nc2c(C#N)cccc2c(C)c1C.Cc1nc2c(C(=O)O)cccc2c(C)c1C. The maximum absolute atomic E-state index is 11.1. The van der Waals surface area contributed by atoms with E-state index in [9.17, 15) is 4.79 Å². The van der Waals surface area contributed by atoms with Crippen LogP contribution < -0.4 is 0 Å². The predicted molar refractivity (Wildman–Crippen MR) is 169 cm³/mol. The van der Waals surface area contributed by atoms with Crippen LogP contribution in [0.15, 0.2) is 36.4 Å². The summed E-state index contributed by atoms with van der Waals surface area (Å²) in [5, 5.41) is 20.1. The summed E-state index contributed by atoms with van der Waals surface area (Å²) >= 11 is 0. The van der Waals surface area contributed by atoms with E-state index < -0.39 is 5.97 Å². The molecule has 0 aliphatic carbocycles. The average molecular weight is 532 g/mol. The zero-order chi connectivity index (χ0) is 30.9. The van der Waals surface area contributed by atoms with Crippen molar-refractivity contribution < 1.29 is 9.90 Å². The number of carboxylic acid groups (broad SMARTS) is 1. The predicted octanol–water partition coefficient (Wildman–Crippen LogP) is 9.99. The molecule has 0 spiro atoms. The second-order valence-corrected chi connectivity index (χ2v) is 7.71. The third-order valence-electron chi connectivity index (χ3n) is 6.00. The van der Waals surface area contributed by atoms with Crippen molar-refractivity contribution in [3.63, 3.8) is 0 Å². The van der Waals surface area contributed by atoms with Crippen LogP contribution >= 0.6 is 0 Å². The maximum atomic E-state index is 11.1. The molecule has 2 aromatic carbocycles. The van der Waals surface area contributed by atoms with Gasteiger partial charge in [0.1, 0.15) is 6.07 Å². The molecule has 0 atom stereocenters. The standard InChI is InChI=1S/C13H12N2.C13H13NO2.4C2H6/c1-8-9(2)12-6-4-5-11(7-14)13(12)15-10(8)3;1-7-8(2)10-5-4-6-11(13(15)16)12(10)14-9(7)3;4*1-2/h4-6H,1-3H3;4-6H,1-3H3,(H,15,16);4*1-2H3. The second-order valence-electron chi connectivity index (χ2n) is 7.71. The first kappa shape index (κ1) is 37.4. The van der Waals surface area contributed by atoms with Crippen molar-refractivity contribution in [2.24, 2.45) is 0 Å². The molecule has 2 aromatic heterocycles. The number of para-hydroxylation sites is 2. The Morgan fingerprint density at radius 3 is 1.44 bits per heavy atom. The third-order valence-corrected chi connectivity index (χ3v) is 6.00. The zero-order valence-corrected chi connectivity index (χ0v) is 26.7. The van der Waals surface area contributed by atoms with Crippen LogP contribution in [0.3, 0.4) is 0 Å². The number of rotatable bonds is 1. The van der Waals surface area contributed by atoms with Crippen molar-refractivity contribution >= 4 is 27.8 Å². The molecule has 0 unspecified atom stereocenters. The van der Waals surface area contributed by atoms with Gasteiger partial charge in [0.2, 0.25) is 0 Å². The van der Waals surface area contributed by atoms with Gasteiger partial charge < -0.3 is 5.11 Å². The molecule has 39 heavy (non-hydrogen) atoms. The highest BCUT2D eigenvalue weighted by Gasteiger charge is 2.13. The molecular weight excluding hydrogens is 482 g/mol. The molecule has 4 aromatic rings. The van der Waals surface area contributed by atoms with Gasteiger partial charge in [-0.25, -0.2) is 4.79 Å². The number of fused-ring (bicyclic) bond motifs is 2. The van der Waals surface area contributed by atoms with Gasteiger partial charge in [0.15, 0.2) is 0 Å². The van der Waals surface area contributed by atoms with E-state index in [1.807, 2.05) is 107 Å². The van der Waals surface area contributed by atoms with Gasteiger partial charge in [-0.05, 0) is 75.9 Å². The Balaban J connectivity index is 0. The number of carboxylic acids is 1. The number of pyridine rings is 2. The Labute approximate surface area is 237 Å². The highest BCUT2D eigenvalue weighted by Crippen LogP contribution is 2.25. The van der Waals surface area contributed by atoms with Gasteiger partial charge in [-0.2, -0.15) is 5.26 Å². The first-order valence-corrected chi connectivity index (χ1v) is 14.0. The van der Waals surface area contributed by atoms with Crippen LogP contribution in [0.4, 0.5) is 0 Å². The fourth-order valence-corrected chi connectivity index (χ4v) is 3.65. The number of aromatic carboxylic acids is 1. The number of nitriles is 1. The summed E-state index contributed by atoms with van der Waals surface area (Å²) in [7, 11) is 0. The van der Waals surface area contributed by atoms with Crippen LogP contribution in [0.2, 0.25) is 0 Å². The van der Waals surface area contributed by atoms with E-state index in [1.165, 1.54) is 11.1 Å². The lowest BCUT2D eigenvalue weighted by Crippen LogP contribution is -2.02. The summed E-state index contributed by atoms with van der Waals surface area (Å²) < 4.78 is 0. The largest absolute Gasteiger partial charge is 0.478 e. The Morgan fingerprint density at radius 2 is 1.03 bits per heavy atom. The molecule has 0 aliphatic heterocycles. The monoisotopic (exact) mass is 531 g/mol. The molecule has 4 rings (SSSR count). The van der Waals surface area contributed by atoms with E-state index in [0.717, 1.165) is 38.8 Å². The van der Waals surface area contributed by atoms with E-state index in [-0.39, 0.29) is 5.56 Å². The normalized spacial score (nSPS) is 8.95. The summed E-state index contributed by atoms with van der Waals surface area (Å²) in [6.45, 7) is 28.0. The van der Waals surface area contributed by atoms with Gasteiger partial charge in [0.05, 0.1) is 22.2 Å². The Hall–Kier alpha value is -3.78. The number of aryl methyl sites for hydroxylation is 4. The van der Waals surface area contributed by atoms with Gasteiger partial charge in [0.25, 0.3) is 0 Å². The minimum absolute atomic E-state index is 0.267. The summed E-state index contributed by atoms with van der Waals surface area (Å²) in [6.07, 6.45) is 0. The molecule has 1 N–H and O–H groups in total. The van der Waals surface area contributed by atoms with Crippen LogP contribution in [0.1, 0.15) is 105 Å². The highest BCUT2D eigenvalue weighted by atomic mass is 16.4. The minimum atomic E-state index is -0.930. The Kier molecular flexibility index (Phi) is 18.5. The van der Waals surface area contributed by atoms with Crippen LogP contribution in [0.25, 0.3) is 21.8 Å². The van der Waals surface area contributed by atoms with Crippen molar-refractivity contribution in [1.82, 2.24) is 9.97 Å². The summed E-state index contributed by atoms with van der Waals surface area (Å²) in [6, 6.07) is 13.2. The van der Waals surface area contributed by atoms with E-state index in [4.69, 9.17) is 10.4 Å². The first-order valence-electron chi connectivity index (χ1n) is 14.0. The highest BCUT2D eigenvalue weighted by molar-refractivity contribution is 6.02. The summed E-state index contributed by atoms with van der Waals surface area (Å²) in [5.74, 6) is -0.930. The molecule has 5 nitrogen and oxygen atoms in total. The van der Waals surface area contributed by atoms with E-state index in [1.54, 1.807) is 12.1 Å². The molecule has 0 saturated carbocycles. The molecule has 0 saturated heterocycles. The number of benzene rings is 2. The van der Waals surface area contributed by atoms with Crippen molar-refractivity contribution in [2.45, 2.75) is 96.9 Å². The van der Waals surface area contributed by atoms with Crippen LogP contribution in [0, 0.1) is 52.9 Å². The van der Waals surface area contributed by atoms with Gasteiger partial charge in [-0.1, -0.05) is 79.7 Å². The first-order chi connectivity index (χ1) is 18.7. The van der Waals surface area contributed by atoms with Crippen molar-refractivity contribution in [1.29, 1.82) is 5.26 Å². The van der Waals surface area contributed by atoms with Crippen molar-refractivity contribution in [2.75, 3.05) is 0 Å². The van der Waals surface area contributed by atoms with Gasteiger partial charge >= 0.3 is 5.97 Å². The molecule has 0 aliphatic rings. The maximum Gasteiger partial charge on any atom is 0.337 e. The van der Waals surface area contributed by atoms with E-state index in [2.05, 4.69) is 29.9 Å². The zero-order valence-electron chi connectivity index (χ0n) is 26.7. The summed E-state index contributed by atoms with van der Waals surface area (Å²) in [5.41, 5.74) is 8.85. The number of hydrogen-bond donors (Lipinski definition) is 1. The molecule has 5 heteroatoms. The lowest BCUT2D eigenvalue weighted by atomic mass is 10.0. The van der Waals surface area contributed by atoms with Crippen molar-refractivity contribution in [3.05, 3.63) is 81.2 Å². The van der Waals surface area contributed by atoms with Gasteiger partial charge in [-0.15, -0.1) is 0 Å². The van der Waals surface area contributed by atoms with Crippen LogP contribution in [-0.4, -0.2) is 21.0 Å². The number of carbonyl (C=O) groups is 1. The molecule has 0 amide bonds. The number of hydrogen-bond acceptors (Lipinski definition) is 4. The molecule has 0 fully saturated rings. The summed E-state index contributed by atoms with van der Waals surface area (Å²) in [4.78, 5) is 19.9. The third kappa shape index (κ3) is 9.18. The number of nitrogens with zero attached hydrogens (tertiary/aromatic N) is 3. The minimum Gasteiger partial charge on any atom is -0.478 e. The second kappa shape index (κ2) is 19.3. The molecule has 0 radical (unpaired) electrons. The number of aromatic nitrogens is 2. The average Bonchev–Trinajstić information content (AvgIpc) is 2.98. The Morgan fingerprint density at radius 1 is 0.641 bits per heavy atom. The smallest absolute Gasteiger partial charge is 0.337 e. The Bertz CT molecular complexity index is 1380. The van der Waals surface area contributed by atoms with Gasteiger partial charge in [0, 0.05) is 22.2 Å². The lowest BCUT2D eigenvalue weighted by molar-refractivity contribution is 0.0699. The fourth-order valence-electron chi connectivity index (χ4n) is 3.65.